The quantitative estimate of drug-likeness (QED) is 0.853. The topological polar surface area (TPSA) is 62.2 Å². The van der Waals surface area contributed by atoms with Gasteiger partial charge in [0.1, 0.15) is 0 Å². The summed E-state index contributed by atoms with van der Waals surface area (Å²) in [6.45, 7) is 0.426. The van der Waals surface area contributed by atoms with E-state index in [4.69, 9.17) is 0 Å². The average molecular weight is 248 g/mol. The Balaban J connectivity index is 1.78. The maximum Gasteiger partial charge on any atom is 0.223 e. The summed E-state index contributed by atoms with van der Waals surface area (Å²) in [4.78, 5) is 15.9. The molecular weight excluding hydrogens is 228 g/mol. The molecule has 1 aromatic heterocycles. The fourth-order valence-electron chi connectivity index (χ4n) is 2.44. The minimum absolute atomic E-state index is 0.0925. The molecule has 98 valence electrons. The molecular formula is C14H20N2O2. The van der Waals surface area contributed by atoms with E-state index in [1.165, 1.54) is 0 Å². The highest BCUT2D eigenvalue weighted by Crippen LogP contribution is 2.30. The Hall–Kier alpha value is -1.42. The van der Waals surface area contributed by atoms with Gasteiger partial charge in [0, 0.05) is 6.20 Å². The third-order valence-electron chi connectivity index (χ3n) is 3.47. The number of hydrogen-bond acceptors (Lipinski definition) is 3. The van der Waals surface area contributed by atoms with E-state index in [0.29, 0.717) is 6.54 Å². The van der Waals surface area contributed by atoms with Crippen molar-refractivity contribution in [2.24, 2.45) is 0 Å². The summed E-state index contributed by atoms with van der Waals surface area (Å²) in [5.74, 6) is -0.0925. The molecule has 1 aliphatic carbocycles. The van der Waals surface area contributed by atoms with Crippen LogP contribution in [0, 0.1) is 0 Å². The standard InChI is InChI=1S/C14H20N2O2/c17-13(10-14(18)7-3-1-4-8-14)16-11-12-6-2-5-9-15-12/h2,5-6,9,18H,1,3-4,7-8,10-11H2,(H,16,17). The Morgan fingerprint density at radius 1 is 1.33 bits per heavy atom. The minimum Gasteiger partial charge on any atom is -0.389 e. The Bertz CT molecular complexity index is 386. The lowest BCUT2D eigenvalue weighted by Crippen LogP contribution is -2.38. The van der Waals surface area contributed by atoms with Gasteiger partial charge in [0.25, 0.3) is 0 Å². The van der Waals surface area contributed by atoms with Crippen molar-refractivity contribution in [1.29, 1.82) is 0 Å². The number of carbonyl (C=O) groups excluding carboxylic acids is 1. The van der Waals surface area contributed by atoms with Gasteiger partial charge in [-0.2, -0.15) is 0 Å². The van der Waals surface area contributed by atoms with Crippen LogP contribution in [0.3, 0.4) is 0 Å². The van der Waals surface area contributed by atoms with Crippen LogP contribution in [0.5, 0.6) is 0 Å². The first kappa shape index (κ1) is 13.0. The predicted molar refractivity (Wildman–Crippen MR) is 68.7 cm³/mol. The number of aromatic nitrogens is 1. The first-order valence-electron chi connectivity index (χ1n) is 6.57. The highest BCUT2D eigenvalue weighted by atomic mass is 16.3. The molecule has 0 aliphatic heterocycles. The molecule has 4 heteroatoms. The normalized spacial score (nSPS) is 18.3. The number of pyridine rings is 1. The number of amides is 1. The summed E-state index contributed by atoms with van der Waals surface area (Å²) in [5, 5.41) is 13.1. The van der Waals surface area contributed by atoms with E-state index in [-0.39, 0.29) is 12.3 Å². The molecule has 1 saturated carbocycles. The van der Waals surface area contributed by atoms with E-state index >= 15 is 0 Å². The largest absolute Gasteiger partial charge is 0.389 e. The van der Waals surface area contributed by atoms with Gasteiger partial charge >= 0.3 is 0 Å². The van der Waals surface area contributed by atoms with Gasteiger partial charge in [0.2, 0.25) is 5.91 Å². The zero-order chi connectivity index (χ0) is 12.8. The van der Waals surface area contributed by atoms with Gasteiger partial charge in [0.15, 0.2) is 0 Å². The SMILES string of the molecule is O=C(CC1(O)CCCCC1)NCc1ccccn1. The van der Waals surface area contributed by atoms with E-state index in [2.05, 4.69) is 10.3 Å². The summed E-state index contributed by atoms with van der Waals surface area (Å²) in [6, 6.07) is 5.61. The first-order valence-corrected chi connectivity index (χ1v) is 6.57. The monoisotopic (exact) mass is 248 g/mol. The molecule has 18 heavy (non-hydrogen) atoms. The molecule has 1 fully saturated rings. The van der Waals surface area contributed by atoms with Gasteiger partial charge in [-0.05, 0) is 25.0 Å². The molecule has 0 aromatic carbocycles. The molecule has 4 nitrogen and oxygen atoms in total. The maximum absolute atomic E-state index is 11.8. The van der Waals surface area contributed by atoms with Crippen molar-refractivity contribution >= 4 is 5.91 Å². The van der Waals surface area contributed by atoms with Crippen molar-refractivity contribution in [1.82, 2.24) is 10.3 Å². The molecule has 0 saturated heterocycles. The van der Waals surface area contributed by atoms with Gasteiger partial charge in [-0.25, -0.2) is 0 Å². The first-order chi connectivity index (χ1) is 8.68. The highest BCUT2D eigenvalue weighted by molar-refractivity contribution is 5.76. The fraction of sp³-hybridized carbons (Fsp3) is 0.571. The molecule has 2 rings (SSSR count). The maximum atomic E-state index is 11.8. The van der Waals surface area contributed by atoms with E-state index < -0.39 is 5.60 Å². The molecule has 1 aliphatic rings. The lowest BCUT2D eigenvalue weighted by Gasteiger charge is -2.31. The number of nitrogens with zero attached hydrogens (tertiary/aromatic N) is 1. The van der Waals surface area contributed by atoms with Crippen molar-refractivity contribution in [3.05, 3.63) is 30.1 Å². The van der Waals surface area contributed by atoms with Gasteiger partial charge in [-0.3, -0.25) is 9.78 Å². The van der Waals surface area contributed by atoms with Gasteiger partial charge < -0.3 is 10.4 Å². The lowest BCUT2D eigenvalue weighted by atomic mass is 9.82. The second-order valence-electron chi connectivity index (χ2n) is 5.06. The molecule has 1 heterocycles. The Labute approximate surface area is 107 Å². The van der Waals surface area contributed by atoms with Crippen LogP contribution in [0.4, 0.5) is 0 Å². The van der Waals surface area contributed by atoms with E-state index in [1.807, 2.05) is 18.2 Å². The molecule has 0 bridgehead atoms. The van der Waals surface area contributed by atoms with E-state index in [0.717, 1.165) is 37.8 Å². The van der Waals surface area contributed by atoms with Gasteiger partial charge in [-0.1, -0.05) is 25.3 Å². The van der Waals surface area contributed by atoms with Crippen LogP contribution < -0.4 is 5.32 Å². The van der Waals surface area contributed by atoms with Crippen molar-refractivity contribution in [2.75, 3.05) is 0 Å². The predicted octanol–water partition coefficient (Wildman–Crippen LogP) is 1.78. The van der Waals surface area contributed by atoms with Crippen LogP contribution in [0.2, 0.25) is 0 Å². The van der Waals surface area contributed by atoms with E-state index in [1.54, 1.807) is 6.20 Å². The van der Waals surface area contributed by atoms with Crippen molar-refractivity contribution in [2.45, 2.75) is 50.7 Å². The van der Waals surface area contributed by atoms with Crippen LogP contribution >= 0.6 is 0 Å². The molecule has 1 amide bonds. The summed E-state index contributed by atoms with van der Waals surface area (Å²) in [5.41, 5.74) is 0.0494. The Kier molecular flexibility index (Phi) is 4.31. The van der Waals surface area contributed by atoms with Crippen molar-refractivity contribution in [3.8, 4) is 0 Å². The van der Waals surface area contributed by atoms with Gasteiger partial charge in [0.05, 0.1) is 24.3 Å². The van der Waals surface area contributed by atoms with E-state index in [9.17, 15) is 9.90 Å². The third kappa shape index (κ3) is 3.81. The Morgan fingerprint density at radius 3 is 2.78 bits per heavy atom. The molecule has 0 spiro atoms. The van der Waals surface area contributed by atoms with Crippen molar-refractivity contribution < 1.29 is 9.90 Å². The summed E-state index contributed by atoms with van der Waals surface area (Å²) in [6.07, 6.45) is 6.59. The van der Waals surface area contributed by atoms with Crippen LogP contribution in [0.15, 0.2) is 24.4 Å². The second-order valence-corrected chi connectivity index (χ2v) is 5.06. The summed E-state index contributed by atoms with van der Waals surface area (Å²) in [7, 11) is 0. The average Bonchev–Trinajstić information content (AvgIpc) is 2.38. The third-order valence-corrected chi connectivity index (χ3v) is 3.47. The van der Waals surface area contributed by atoms with Crippen molar-refractivity contribution in [3.63, 3.8) is 0 Å². The summed E-state index contributed by atoms with van der Waals surface area (Å²) < 4.78 is 0. The van der Waals surface area contributed by atoms with Crippen LogP contribution in [0.25, 0.3) is 0 Å². The molecule has 2 N–H and O–H groups in total. The number of carbonyl (C=O) groups is 1. The highest BCUT2D eigenvalue weighted by Gasteiger charge is 2.31. The van der Waals surface area contributed by atoms with Gasteiger partial charge in [-0.15, -0.1) is 0 Å². The van der Waals surface area contributed by atoms with Crippen LogP contribution in [-0.2, 0) is 11.3 Å². The number of nitrogens with one attached hydrogen (secondary N) is 1. The molecule has 0 atom stereocenters. The lowest BCUT2D eigenvalue weighted by molar-refractivity contribution is -0.127. The molecule has 1 aromatic rings. The van der Waals surface area contributed by atoms with Crippen LogP contribution in [-0.4, -0.2) is 21.6 Å². The zero-order valence-corrected chi connectivity index (χ0v) is 10.6. The second kappa shape index (κ2) is 5.96. The smallest absolute Gasteiger partial charge is 0.223 e. The molecule has 0 radical (unpaired) electrons. The number of hydrogen-bond donors (Lipinski definition) is 2. The Morgan fingerprint density at radius 2 is 2.11 bits per heavy atom. The number of rotatable bonds is 4. The van der Waals surface area contributed by atoms with Crippen LogP contribution in [0.1, 0.15) is 44.2 Å². The number of aliphatic hydroxyl groups is 1. The fourth-order valence-corrected chi connectivity index (χ4v) is 2.44. The minimum atomic E-state index is -0.785. The zero-order valence-electron chi connectivity index (χ0n) is 10.6. The summed E-state index contributed by atoms with van der Waals surface area (Å²) >= 11 is 0. The molecule has 0 unspecified atom stereocenters.